The van der Waals surface area contributed by atoms with Crippen LogP contribution in [-0.2, 0) is 6.54 Å². The maximum Gasteiger partial charge on any atom is 0.331 e. The maximum atomic E-state index is 13.0. The number of carbonyl (C=O) groups is 1. The molecule has 28 heavy (non-hydrogen) atoms. The van der Waals surface area contributed by atoms with Crippen molar-refractivity contribution in [3.05, 3.63) is 91.9 Å². The number of hydrogen-bond donors (Lipinski definition) is 2. The predicted octanol–water partition coefficient (Wildman–Crippen LogP) is 0.544. The summed E-state index contributed by atoms with van der Waals surface area (Å²) in [5, 5.41) is 21.1. The molecule has 3 aromatic rings. The van der Waals surface area contributed by atoms with Crippen molar-refractivity contribution in [3.63, 3.8) is 0 Å². The van der Waals surface area contributed by atoms with Gasteiger partial charge in [-0.1, -0.05) is 24.3 Å². The lowest BCUT2D eigenvalue weighted by atomic mass is 10.2. The van der Waals surface area contributed by atoms with Gasteiger partial charge in [-0.25, -0.2) is 9.18 Å². The number of nitrogens with zero attached hydrogens (tertiary/aromatic N) is 2. The van der Waals surface area contributed by atoms with Gasteiger partial charge in [-0.3, -0.25) is 19.3 Å². The van der Waals surface area contributed by atoms with E-state index in [1.807, 2.05) is 0 Å². The van der Waals surface area contributed by atoms with E-state index in [-0.39, 0.29) is 17.7 Å². The molecule has 8 nitrogen and oxygen atoms in total. The number of aliphatic imine (C=N–C) groups is 1. The molecule has 0 bridgehead atoms. The van der Waals surface area contributed by atoms with E-state index in [9.17, 15) is 29.0 Å². The highest BCUT2D eigenvalue weighted by Crippen LogP contribution is 2.15. The van der Waals surface area contributed by atoms with Gasteiger partial charge in [0, 0.05) is 6.21 Å². The SMILES string of the molecule is O=C([O-])c1ccc(N=Cc2c(O)n(Cc3ccc(F)cc3)c(=O)[nH]c2=O)cc1. The van der Waals surface area contributed by atoms with Crippen LogP contribution in [-0.4, -0.2) is 26.8 Å². The zero-order valence-electron chi connectivity index (χ0n) is 14.3. The minimum absolute atomic E-state index is 0.0347. The van der Waals surface area contributed by atoms with Crippen LogP contribution in [0.2, 0.25) is 0 Å². The third-order valence-corrected chi connectivity index (χ3v) is 3.91. The zero-order valence-corrected chi connectivity index (χ0v) is 14.3. The highest BCUT2D eigenvalue weighted by molar-refractivity contribution is 5.87. The molecule has 0 atom stereocenters. The summed E-state index contributed by atoms with van der Waals surface area (Å²) < 4.78 is 13.9. The fraction of sp³-hybridized carbons (Fsp3) is 0.0526. The average Bonchev–Trinajstić information content (AvgIpc) is 2.66. The lowest BCUT2D eigenvalue weighted by Crippen LogP contribution is -2.32. The molecule has 1 heterocycles. The molecule has 0 radical (unpaired) electrons. The summed E-state index contributed by atoms with van der Waals surface area (Å²) in [6.07, 6.45) is 1.06. The van der Waals surface area contributed by atoms with E-state index in [2.05, 4.69) is 9.98 Å². The molecule has 0 amide bonds. The molecule has 0 saturated heterocycles. The molecule has 9 heteroatoms. The van der Waals surface area contributed by atoms with E-state index >= 15 is 0 Å². The maximum absolute atomic E-state index is 13.0. The molecule has 0 spiro atoms. The first-order valence-electron chi connectivity index (χ1n) is 8.01. The number of carboxylic acids is 1. The Morgan fingerprint density at radius 3 is 2.39 bits per heavy atom. The number of nitrogens with one attached hydrogen (secondary N) is 1. The number of carbonyl (C=O) groups excluding carboxylic acids is 1. The second-order valence-corrected chi connectivity index (χ2v) is 5.80. The van der Waals surface area contributed by atoms with Crippen molar-refractivity contribution >= 4 is 17.9 Å². The van der Waals surface area contributed by atoms with Crippen LogP contribution in [0.5, 0.6) is 5.88 Å². The van der Waals surface area contributed by atoms with Gasteiger partial charge in [0.25, 0.3) is 5.56 Å². The number of rotatable bonds is 5. The van der Waals surface area contributed by atoms with Crippen LogP contribution in [0.3, 0.4) is 0 Å². The Morgan fingerprint density at radius 2 is 1.79 bits per heavy atom. The highest BCUT2D eigenvalue weighted by Gasteiger charge is 2.13. The molecular formula is C19H13FN3O5-. The number of hydrogen-bond acceptors (Lipinski definition) is 6. The Bertz CT molecular complexity index is 1160. The lowest BCUT2D eigenvalue weighted by molar-refractivity contribution is -0.255. The van der Waals surface area contributed by atoms with Crippen LogP contribution >= 0.6 is 0 Å². The first kappa shape index (κ1) is 18.8. The Balaban J connectivity index is 1.94. The number of halogens is 1. The first-order valence-corrected chi connectivity index (χ1v) is 8.01. The Kier molecular flexibility index (Phi) is 5.16. The number of aromatic hydroxyl groups is 1. The standard InChI is InChI=1S/C19H14FN3O5/c20-13-5-1-11(2-6-13)10-23-17(25)15(16(24)22-19(23)28)9-21-14-7-3-12(4-8-14)18(26)27/h1-9,25H,10H2,(H,26,27)(H,22,24,28)/p-1. The largest absolute Gasteiger partial charge is 0.545 e. The molecule has 2 aromatic carbocycles. The number of benzene rings is 2. The molecule has 142 valence electrons. The van der Waals surface area contributed by atoms with Gasteiger partial charge in [-0.15, -0.1) is 0 Å². The topological polar surface area (TPSA) is 128 Å². The van der Waals surface area contributed by atoms with Gasteiger partial charge in [0.2, 0.25) is 5.88 Å². The third kappa shape index (κ3) is 4.04. The molecule has 0 unspecified atom stereocenters. The van der Waals surface area contributed by atoms with Crippen LogP contribution < -0.4 is 16.4 Å². The molecule has 0 fully saturated rings. The van der Waals surface area contributed by atoms with Gasteiger partial charge in [0.05, 0.1) is 18.2 Å². The van der Waals surface area contributed by atoms with E-state index in [0.717, 1.165) is 10.8 Å². The van der Waals surface area contributed by atoms with Crippen molar-refractivity contribution in [2.24, 2.45) is 4.99 Å². The molecular weight excluding hydrogens is 369 g/mol. The van der Waals surface area contributed by atoms with Crippen molar-refractivity contribution in [1.82, 2.24) is 9.55 Å². The second kappa shape index (κ2) is 7.70. The molecule has 0 aliphatic rings. The molecule has 1 aromatic heterocycles. The van der Waals surface area contributed by atoms with Gasteiger partial charge in [-0.2, -0.15) is 0 Å². The van der Waals surface area contributed by atoms with Crippen molar-refractivity contribution in [2.75, 3.05) is 0 Å². The van der Waals surface area contributed by atoms with Crippen molar-refractivity contribution in [1.29, 1.82) is 0 Å². The van der Waals surface area contributed by atoms with E-state index in [1.165, 1.54) is 48.5 Å². The fourth-order valence-corrected chi connectivity index (χ4v) is 2.43. The molecule has 0 aliphatic carbocycles. The Hall–Kier alpha value is -4.01. The van der Waals surface area contributed by atoms with Crippen LogP contribution in [0.25, 0.3) is 0 Å². The normalized spacial score (nSPS) is 11.0. The molecule has 2 N–H and O–H groups in total. The van der Waals surface area contributed by atoms with Crippen molar-refractivity contribution in [2.45, 2.75) is 6.54 Å². The number of aromatic nitrogens is 2. The van der Waals surface area contributed by atoms with E-state index < -0.39 is 28.9 Å². The van der Waals surface area contributed by atoms with E-state index in [4.69, 9.17) is 0 Å². The van der Waals surface area contributed by atoms with Gasteiger partial charge < -0.3 is 15.0 Å². The minimum atomic E-state index is -1.34. The number of H-pyrrole nitrogens is 1. The predicted molar refractivity (Wildman–Crippen MR) is 96.5 cm³/mol. The summed E-state index contributed by atoms with van der Waals surface area (Å²) in [6, 6.07) is 10.6. The highest BCUT2D eigenvalue weighted by atomic mass is 19.1. The van der Waals surface area contributed by atoms with Crippen LogP contribution in [0, 0.1) is 5.82 Å². The van der Waals surface area contributed by atoms with Gasteiger partial charge in [0.1, 0.15) is 11.4 Å². The average molecular weight is 382 g/mol. The van der Waals surface area contributed by atoms with Crippen LogP contribution in [0.1, 0.15) is 21.5 Å². The quantitative estimate of drug-likeness (QED) is 0.623. The third-order valence-electron chi connectivity index (χ3n) is 3.91. The fourth-order valence-electron chi connectivity index (χ4n) is 2.43. The first-order chi connectivity index (χ1) is 13.3. The summed E-state index contributed by atoms with van der Waals surface area (Å²) >= 11 is 0. The molecule has 0 aliphatic heterocycles. The summed E-state index contributed by atoms with van der Waals surface area (Å²) in [6.45, 7) is -0.0944. The smallest absolute Gasteiger partial charge is 0.331 e. The molecule has 0 saturated carbocycles. The minimum Gasteiger partial charge on any atom is -0.545 e. The van der Waals surface area contributed by atoms with E-state index in [0.29, 0.717) is 11.3 Å². The summed E-state index contributed by atoms with van der Waals surface area (Å²) in [4.78, 5) is 40.9. The Morgan fingerprint density at radius 1 is 1.14 bits per heavy atom. The van der Waals surface area contributed by atoms with Gasteiger partial charge in [0.15, 0.2) is 0 Å². The number of aromatic carboxylic acids is 1. The number of aromatic amines is 1. The summed E-state index contributed by atoms with van der Waals surface area (Å²) in [5.41, 5.74) is -1.11. The van der Waals surface area contributed by atoms with Crippen LogP contribution in [0.4, 0.5) is 10.1 Å². The zero-order chi connectivity index (χ0) is 20.3. The Labute approximate surface area is 156 Å². The molecule has 3 rings (SSSR count). The van der Waals surface area contributed by atoms with Crippen molar-refractivity contribution < 1.29 is 19.4 Å². The monoisotopic (exact) mass is 382 g/mol. The van der Waals surface area contributed by atoms with Gasteiger partial charge in [-0.05, 0) is 35.4 Å². The van der Waals surface area contributed by atoms with E-state index in [1.54, 1.807) is 0 Å². The summed E-state index contributed by atoms with van der Waals surface area (Å²) in [5.74, 6) is -2.38. The summed E-state index contributed by atoms with van der Waals surface area (Å²) in [7, 11) is 0. The van der Waals surface area contributed by atoms with Crippen molar-refractivity contribution in [3.8, 4) is 5.88 Å². The van der Waals surface area contributed by atoms with Crippen LogP contribution in [0.15, 0.2) is 63.1 Å². The number of carboxylic acid groups (broad SMARTS) is 1. The lowest BCUT2D eigenvalue weighted by Gasteiger charge is -2.09. The van der Waals surface area contributed by atoms with Gasteiger partial charge >= 0.3 is 5.69 Å². The second-order valence-electron chi connectivity index (χ2n) is 5.80.